The second-order valence-electron chi connectivity index (χ2n) is 4.78. The van der Waals surface area contributed by atoms with Crippen molar-refractivity contribution in [2.45, 2.75) is 25.6 Å². The molecule has 0 radical (unpaired) electrons. The summed E-state index contributed by atoms with van der Waals surface area (Å²) >= 11 is 5.68. The maximum Gasteiger partial charge on any atom is 0.459 e. The van der Waals surface area contributed by atoms with Gasteiger partial charge >= 0.3 is 17.8 Å². The Bertz CT molecular complexity index is 869. The van der Waals surface area contributed by atoms with Crippen LogP contribution in [0.3, 0.4) is 0 Å². The minimum absolute atomic E-state index is 0.00141. The molecule has 10 heteroatoms. The molecule has 0 fully saturated rings. The largest absolute Gasteiger partial charge is 0.459 e. The summed E-state index contributed by atoms with van der Waals surface area (Å²) in [6.07, 6.45) is -5.94. The molecule has 1 aromatic carbocycles. The number of aromatic nitrogens is 2. The second-order valence-corrected chi connectivity index (χ2v) is 5.22. The van der Waals surface area contributed by atoms with E-state index in [-0.39, 0.29) is 16.3 Å². The summed E-state index contributed by atoms with van der Waals surface area (Å²) in [6, 6.07) is 5.35. The van der Waals surface area contributed by atoms with E-state index in [0.717, 1.165) is 0 Å². The van der Waals surface area contributed by atoms with Crippen LogP contribution in [-0.4, -0.2) is 15.3 Å². The summed E-state index contributed by atoms with van der Waals surface area (Å²) in [5.74, 6) is -5.33. The fraction of sp³-hybridized carbons (Fsp3) is 0.286. The van der Waals surface area contributed by atoms with Gasteiger partial charge in [0.1, 0.15) is 5.69 Å². The SMILES string of the molecule is CCn1c(C(F)(F)C(F)(F)F)cc(=O)n(-c2ccc(Cl)cc2)c1=O. The average Bonchev–Trinajstić information content (AvgIpc) is 2.47. The van der Waals surface area contributed by atoms with Gasteiger partial charge in [0, 0.05) is 17.6 Å². The first-order chi connectivity index (χ1) is 11.0. The van der Waals surface area contributed by atoms with E-state index in [1.807, 2.05) is 0 Å². The van der Waals surface area contributed by atoms with Crippen LogP contribution in [0.4, 0.5) is 22.0 Å². The van der Waals surface area contributed by atoms with Gasteiger partial charge in [-0.25, -0.2) is 9.36 Å². The maximum atomic E-state index is 13.6. The molecule has 1 aromatic heterocycles. The molecule has 2 rings (SSSR count). The van der Waals surface area contributed by atoms with Gasteiger partial charge in [0.15, 0.2) is 0 Å². The Hall–Kier alpha value is -2.16. The van der Waals surface area contributed by atoms with Crippen molar-refractivity contribution in [3.05, 3.63) is 61.9 Å². The summed E-state index contributed by atoms with van der Waals surface area (Å²) < 4.78 is 65.7. The van der Waals surface area contributed by atoms with Crippen molar-refractivity contribution in [1.82, 2.24) is 9.13 Å². The lowest BCUT2D eigenvalue weighted by atomic mass is 10.2. The van der Waals surface area contributed by atoms with Crippen molar-refractivity contribution < 1.29 is 22.0 Å². The van der Waals surface area contributed by atoms with Gasteiger partial charge in [0.25, 0.3) is 5.56 Å². The third-order valence-electron chi connectivity index (χ3n) is 3.27. The first-order valence-electron chi connectivity index (χ1n) is 6.58. The number of halogens is 6. The smallest absolute Gasteiger partial charge is 0.291 e. The Labute approximate surface area is 136 Å². The summed E-state index contributed by atoms with van der Waals surface area (Å²) in [7, 11) is 0. The quantitative estimate of drug-likeness (QED) is 0.780. The van der Waals surface area contributed by atoms with Gasteiger partial charge in [-0.1, -0.05) is 11.6 Å². The maximum absolute atomic E-state index is 13.6. The van der Waals surface area contributed by atoms with E-state index in [1.54, 1.807) is 0 Å². The lowest BCUT2D eigenvalue weighted by molar-refractivity contribution is -0.292. The van der Waals surface area contributed by atoms with E-state index in [0.29, 0.717) is 9.59 Å². The standard InChI is InChI=1S/C14H10ClF5N2O2/c1-2-21-10(13(16,17)14(18,19)20)7-11(23)22(12(21)24)9-5-3-8(15)4-6-9/h3-7H,2H2,1H3. The molecule has 130 valence electrons. The van der Waals surface area contributed by atoms with Crippen LogP contribution in [-0.2, 0) is 12.5 Å². The summed E-state index contributed by atoms with van der Waals surface area (Å²) in [4.78, 5) is 24.3. The highest BCUT2D eigenvalue weighted by molar-refractivity contribution is 6.30. The van der Waals surface area contributed by atoms with Gasteiger partial charge in [0.05, 0.1) is 5.69 Å². The molecule has 0 aliphatic heterocycles. The lowest BCUT2D eigenvalue weighted by Gasteiger charge is -2.23. The van der Waals surface area contributed by atoms with Gasteiger partial charge in [-0.2, -0.15) is 22.0 Å². The topological polar surface area (TPSA) is 44.0 Å². The number of alkyl halides is 5. The number of hydrogen-bond donors (Lipinski definition) is 0. The molecule has 0 amide bonds. The van der Waals surface area contributed by atoms with E-state index in [4.69, 9.17) is 11.6 Å². The second kappa shape index (κ2) is 6.04. The Kier molecular flexibility index (Phi) is 4.58. The molecule has 0 aliphatic rings. The van der Waals surface area contributed by atoms with Gasteiger partial charge in [-0.15, -0.1) is 0 Å². The number of benzene rings is 1. The van der Waals surface area contributed by atoms with Gasteiger partial charge < -0.3 is 0 Å². The molecule has 0 N–H and O–H groups in total. The highest BCUT2D eigenvalue weighted by atomic mass is 35.5. The third-order valence-corrected chi connectivity index (χ3v) is 3.52. The molecule has 2 aromatic rings. The van der Waals surface area contributed by atoms with Crippen molar-refractivity contribution in [3.63, 3.8) is 0 Å². The molecule has 1 heterocycles. The lowest BCUT2D eigenvalue weighted by Crippen LogP contribution is -2.45. The highest BCUT2D eigenvalue weighted by Gasteiger charge is 2.60. The molecule has 24 heavy (non-hydrogen) atoms. The molecular weight excluding hydrogens is 359 g/mol. The number of hydrogen-bond acceptors (Lipinski definition) is 2. The summed E-state index contributed by atoms with van der Waals surface area (Å²) in [6.45, 7) is 0.738. The third kappa shape index (κ3) is 2.95. The number of rotatable bonds is 3. The Morgan fingerprint density at radius 2 is 1.58 bits per heavy atom. The number of nitrogens with zero attached hydrogens (tertiary/aromatic N) is 2. The van der Waals surface area contributed by atoms with Crippen LogP contribution in [0.5, 0.6) is 0 Å². The van der Waals surface area contributed by atoms with E-state index < -0.39 is 35.6 Å². The Balaban J connectivity index is 2.80. The van der Waals surface area contributed by atoms with E-state index >= 15 is 0 Å². The Morgan fingerprint density at radius 1 is 1.04 bits per heavy atom. The molecule has 0 bridgehead atoms. The van der Waals surface area contributed by atoms with Crippen molar-refractivity contribution in [1.29, 1.82) is 0 Å². The van der Waals surface area contributed by atoms with Gasteiger partial charge in [-0.3, -0.25) is 9.36 Å². The van der Waals surface area contributed by atoms with Crippen molar-refractivity contribution in [2.75, 3.05) is 0 Å². The van der Waals surface area contributed by atoms with E-state index in [9.17, 15) is 31.5 Å². The molecule has 0 aliphatic carbocycles. The molecule has 0 spiro atoms. The molecular formula is C14H10ClF5N2O2. The van der Waals surface area contributed by atoms with Crippen LogP contribution in [0.1, 0.15) is 12.6 Å². The molecule has 4 nitrogen and oxygen atoms in total. The fourth-order valence-electron chi connectivity index (χ4n) is 2.12. The van der Waals surface area contributed by atoms with Crippen LogP contribution in [0.15, 0.2) is 39.9 Å². The minimum Gasteiger partial charge on any atom is -0.291 e. The first-order valence-corrected chi connectivity index (χ1v) is 6.96. The zero-order chi connectivity index (χ0) is 18.3. The monoisotopic (exact) mass is 368 g/mol. The predicted molar refractivity (Wildman–Crippen MR) is 76.9 cm³/mol. The van der Waals surface area contributed by atoms with Crippen LogP contribution in [0, 0.1) is 0 Å². The van der Waals surface area contributed by atoms with E-state index in [2.05, 4.69) is 0 Å². The summed E-state index contributed by atoms with van der Waals surface area (Å²) in [5.41, 5.74) is -4.30. The van der Waals surface area contributed by atoms with E-state index in [1.165, 1.54) is 31.2 Å². The predicted octanol–water partition coefficient (Wildman–Crippen LogP) is 3.33. The zero-order valence-electron chi connectivity index (χ0n) is 12.1. The van der Waals surface area contributed by atoms with Crippen LogP contribution < -0.4 is 11.2 Å². The van der Waals surface area contributed by atoms with Crippen molar-refractivity contribution >= 4 is 11.6 Å². The normalized spacial score (nSPS) is 12.5. The minimum atomic E-state index is -5.94. The molecule has 0 unspecified atom stereocenters. The van der Waals surface area contributed by atoms with Crippen LogP contribution in [0.2, 0.25) is 5.02 Å². The summed E-state index contributed by atoms with van der Waals surface area (Å²) in [5, 5.41) is 0.294. The van der Waals surface area contributed by atoms with Gasteiger partial charge in [-0.05, 0) is 31.2 Å². The highest BCUT2D eigenvalue weighted by Crippen LogP contribution is 2.43. The molecule has 0 saturated heterocycles. The van der Waals surface area contributed by atoms with Gasteiger partial charge in [0.2, 0.25) is 0 Å². The van der Waals surface area contributed by atoms with Crippen LogP contribution >= 0.6 is 11.6 Å². The molecule has 0 atom stereocenters. The molecule has 0 saturated carbocycles. The average molecular weight is 369 g/mol. The van der Waals surface area contributed by atoms with Crippen molar-refractivity contribution in [3.8, 4) is 5.69 Å². The van der Waals surface area contributed by atoms with Crippen LogP contribution in [0.25, 0.3) is 5.69 Å². The van der Waals surface area contributed by atoms with Crippen molar-refractivity contribution in [2.24, 2.45) is 0 Å². The fourth-order valence-corrected chi connectivity index (χ4v) is 2.24. The zero-order valence-corrected chi connectivity index (χ0v) is 12.8. The Morgan fingerprint density at radius 3 is 2.04 bits per heavy atom. The first kappa shape index (κ1) is 18.2.